The fraction of sp³-hybridized carbons (Fsp3) is 0.0714. The van der Waals surface area contributed by atoms with Crippen molar-refractivity contribution in [2.45, 2.75) is 9.79 Å². The van der Waals surface area contributed by atoms with Gasteiger partial charge >= 0.3 is 0 Å². The molecule has 0 radical (unpaired) electrons. The van der Waals surface area contributed by atoms with E-state index in [-0.39, 0.29) is 16.6 Å². The number of carbonyl (C=O) groups is 1. The van der Waals surface area contributed by atoms with Crippen LogP contribution in [-0.2, 0) is 14.9 Å². The van der Waals surface area contributed by atoms with Crippen LogP contribution in [0, 0.1) is 0 Å². The second-order valence-electron chi connectivity index (χ2n) is 4.13. The third kappa shape index (κ3) is 4.89. The molecule has 0 aliphatic rings. The predicted molar refractivity (Wildman–Crippen MR) is 80.2 cm³/mol. The molecule has 0 saturated heterocycles. The highest BCUT2D eigenvalue weighted by molar-refractivity contribution is 8.00. The molecule has 0 saturated carbocycles. The van der Waals surface area contributed by atoms with Gasteiger partial charge in [0.05, 0.1) is 10.6 Å². The number of amides is 1. The van der Waals surface area contributed by atoms with E-state index in [1.54, 1.807) is 12.1 Å². The van der Waals surface area contributed by atoms with Gasteiger partial charge in [-0.3, -0.25) is 4.79 Å². The molecule has 2 rings (SSSR count). The summed E-state index contributed by atoms with van der Waals surface area (Å²) in [7, 11) is -4.43. The first-order valence-corrected chi connectivity index (χ1v) is 8.38. The lowest BCUT2D eigenvalue weighted by Gasteiger charge is -2.08. The molecule has 21 heavy (non-hydrogen) atoms. The molecule has 7 heteroatoms. The molecule has 2 aromatic rings. The van der Waals surface area contributed by atoms with Crippen LogP contribution in [0.2, 0.25) is 0 Å². The minimum absolute atomic E-state index is 0.160. The van der Waals surface area contributed by atoms with E-state index >= 15 is 0 Å². The van der Waals surface area contributed by atoms with Crippen molar-refractivity contribution < 1.29 is 17.8 Å². The molecule has 2 aromatic carbocycles. The largest absolute Gasteiger partial charge is 0.744 e. The zero-order valence-corrected chi connectivity index (χ0v) is 12.5. The Hall–Kier alpha value is -1.83. The molecule has 0 fully saturated rings. The highest BCUT2D eigenvalue weighted by Crippen LogP contribution is 2.20. The van der Waals surface area contributed by atoms with Gasteiger partial charge < -0.3 is 9.87 Å². The number of nitrogens with one attached hydrogen (secondary N) is 1. The van der Waals surface area contributed by atoms with Crippen molar-refractivity contribution in [1.82, 2.24) is 0 Å². The lowest BCUT2D eigenvalue weighted by atomic mass is 10.3. The third-order valence-corrected chi connectivity index (χ3v) is 4.40. The van der Waals surface area contributed by atoms with Crippen LogP contribution in [0.5, 0.6) is 0 Å². The van der Waals surface area contributed by atoms with Crippen LogP contribution >= 0.6 is 11.8 Å². The Kier molecular flexibility index (Phi) is 5.00. The molecule has 0 spiro atoms. The molecule has 0 unspecified atom stereocenters. The maximum atomic E-state index is 11.7. The Morgan fingerprint density at radius 1 is 1.05 bits per heavy atom. The van der Waals surface area contributed by atoms with Crippen molar-refractivity contribution in [3.05, 3.63) is 54.6 Å². The van der Waals surface area contributed by atoms with Crippen LogP contribution in [-0.4, -0.2) is 24.6 Å². The van der Waals surface area contributed by atoms with Crippen molar-refractivity contribution in [3.63, 3.8) is 0 Å². The molecule has 110 valence electrons. The third-order valence-electron chi connectivity index (χ3n) is 2.54. The van der Waals surface area contributed by atoms with Crippen molar-refractivity contribution in [3.8, 4) is 0 Å². The van der Waals surface area contributed by atoms with Crippen LogP contribution in [0.15, 0.2) is 64.4 Å². The number of hydrogen-bond donors (Lipinski definition) is 1. The Morgan fingerprint density at radius 3 is 2.24 bits per heavy atom. The average molecular weight is 322 g/mol. The molecule has 1 amide bonds. The van der Waals surface area contributed by atoms with E-state index in [0.717, 1.165) is 5.69 Å². The van der Waals surface area contributed by atoms with E-state index < -0.39 is 10.1 Å². The lowest BCUT2D eigenvalue weighted by molar-refractivity contribution is -0.113. The molecule has 0 aliphatic carbocycles. The van der Waals surface area contributed by atoms with Gasteiger partial charge in [-0.05, 0) is 36.4 Å². The maximum Gasteiger partial charge on any atom is 0.234 e. The second kappa shape index (κ2) is 6.75. The summed E-state index contributed by atoms with van der Waals surface area (Å²) in [4.78, 5) is 12.2. The molecule has 0 heterocycles. The van der Waals surface area contributed by atoms with Crippen molar-refractivity contribution in [2.24, 2.45) is 0 Å². The molecule has 0 bridgehead atoms. The number of benzene rings is 2. The van der Waals surface area contributed by atoms with E-state index in [1.165, 1.54) is 36.0 Å². The number of hydrogen-bond acceptors (Lipinski definition) is 5. The Labute approximate surface area is 127 Å². The standard InChI is InChI=1S/C14H13NO4S2/c16-14(15-11-4-2-1-3-5-11)10-20-12-6-8-13(9-7-12)21(17,18)19/h1-9H,10H2,(H,15,16)(H,17,18,19)/p-1. The van der Waals surface area contributed by atoms with Crippen LogP contribution in [0.25, 0.3) is 0 Å². The molecular weight excluding hydrogens is 310 g/mol. The summed E-state index contributed by atoms with van der Waals surface area (Å²) in [6, 6.07) is 14.6. The monoisotopic (exact) mass is 322 g/mol. The summed E-state index contributed by atoms with van der Waals surface area (Å²) in [6.45, 7) is 0. The predicted octanol–water partition coefficient (Wildman–Crippen LogP) is 2.32. The first-order chi connectivity index (χ1) is 9.95. The van der Waals surface area contributed by atoms with E-state index in [4.69, 9.17) is 0 Å². The van der Waals surface area contributed by atoms with Gasteiger partial charge in [0, 0.05) is 10.6 Å². The van der Waals surface area contributed by atoms with E-state index in [9.17, 15) is 17.8 Å². The van der Waals surface area contributed by atoms with E-state index in [0.29, 0.717) is 4.90 Å². The highest BCUT2D eigenvalue weighted by Gasteiger charge is 2.05. The number of carbonyl (C=O) groups excluding carboxylic acids is 1. The topological polar surface area (TPSA) is 86.3 Å². The van der Waals surface area contributed by atoms with Gasteiger partial charge in [-0.25, -0.2) is 8.42 Å². The van der Waals surface area contributed by atoms with Gasteiger partial charge in [-0.2, -0.15) is 0 Å². The molecule has 5 nitrogen and oxygen atoms in total. The second-order valence-corrected chi connectivity index (χ2v) is 6.56. The van der Waals surface area contributed by atoms with Crippen LogP contribution < -0.4 is 5.32 Å². The minimum atomic E-state index is -4.43. The summed E-state index contributed by atoms with van der Waals surface area (Å²) >= 11 is 1.26. The first kappa shape index (κ1) is 15.6. The van der Waals surface area contributed by atoms with Crippen molar-refractivity contribution in [1.29, 1.82) is 0 Å². The Balaban J connectivity index is 1.90. The SMILES string of the molecule is O=C(CSc1ccc(S(=O)(=O)[O-])cc1)Nc1ccccc1. The lowest BCUT2D eigenvalue weighted by Crippen LogP contribution is -2.13. The van der Waals surface area contributed by atoms with Crippen molar-refractivity contribution in [2.75, 3.05) is 11.1 Å². The number of rotatable bonds is 5. The summed E-state index contributed by atoms with van der Waals surface area (Å²) in [6.07, 6.45) is 0. The van der Waals surface area contributed by atoms with Gasteiger partial charge in [0.1, 0.15) is 10.1 Å². The average Bonchev–Trinajstić information content (AvgIpc) is 2.46. The van der Waals surface area contributed by atoms with Gasteiger partial charge in [-0.1, -0.05) is 18.2 Å². The number of thioether (sulfide) groups is 1. The fourth-order valence-electron chi connectivity index (χ4n) is 1.57. The molecule has 0 aliphatic heterocycles. The van der Waals surface area contributed by atoms with Crippen molar-refractivity contribution >= 4 is 33.5 Å². The minimum Gasteiger partial charge on any atom is -0.744 e. The van der Waals surface area contributed by atoms with Gasteiger partial charge in [-0.15, -0.1) is 11.8 Å². The number of anilines is 1. The maximum absolute atomic E-state index is 11.7. The normalized spacial score (nSPS) is 11.1. The first-order valence-electron chi connectivity index (χ1n) is 5.99. The Morgan fingerprint density at radius 2 is 1.67 bits per heavy atom. The smallest absolute Gasteiger partial charge is 0.234 e. The summed E-state index contributed by atoms with van der Waals surface area (Å²) < 4.78 is 32.4. The zero-order chi connectivity index (χ0) is 15.3. The summed E-state index contributed by atoms with van der Waals surface area (Å²) in [5.41, 5.74) is 0.718. The van der Waals surface area contributed by atoms with Gasteiger partial charge in [0.15, 0.2) is 0 Å². The highest BCUT2D eigenvalue weighted by atomic mass is 32.2. The van der Waals surface area contributed by atoms with Crippen LogP contribution in [0.3, 0.4) is 0 Å². The van der Waals surface area contributed by atoms with E-state index in [2.05, 4.69) is 5.32 Å². The summed E-state index contributed by atoms with van der Waals surface area (Å²) in [5.74, 6) is 0.0324. The fourth-order valence-corrected chi connectivity index (χ4v) is 2.74. The van der Waals surface area contributed by atoms with Gasteiger partial charge in [0.25, 0.3) is 0 Å². The molecule has 0 aromatic heterocycles. The van der Waals surface area contributed by atoms with E-state index in [1.807, 2.05) is 18.2 Å². The zero-order valence-electron chi connectivity index (χ0n) is 10.9. The number of para-hydroxylation sites is 1. The molecule has 1 N–H and O–H groups in total. The Bertz CT molecular complexity index is 712. The summed E-state index contributed by atoms with van der Waals surface area (Å²) in [5, 5.41) is 2.74. The quantitative estimate of drug-likeness (QED) is 0.674. The van der Waals surface area contributed by atoms with Crippen LogP contribution in [0.1, 0.15) is 0 Å². The molecular formula is C14H12NO4S2-. The molecule has 0 atom stereocenters. The van der Waals surface area contributed by atoms with Gasteiger partial charge in [0.2, 0.25) is 5.91 Å². The van der Waals surface area contributed by atoms with Crippen LogP contribution in [0.4, 0.5) is 5.69 Å².